The monoisotopic (exact) mass is 243 g/mol. The second-order valence-electron chi connectivity index (χ2n) is 5.94. The molecule has 1 aromatic heterocycles. The van der Waals surface area contributed by atoms with Crippen molar-refractivity contribution in [2.45, 2.75) is 34.1 Å². The van der Waals surface area contributed by atoms with Crippen molar-refractivity contribution in [1.82, 2.24) is 15.2 Å². The first kappa shape index (κ1) is 12.8. The van der Waals surface area contributed by atoms with Crippen LogP contribution in [0.15, 0.2) is 30.3 Å². The van der Waals surface area contributed by atoms with E-state index in [0.717, 1.165) is 23.6 Å². The van der Waals surface area contributed by atoms with Crippen LogP contribution in [-0.2, 0) is 6.42 Å². The highest BCUT2D eigenvalue weighted by Gasteiger charge is 2.21. The maximum absolute atomic E-state index is 4.57. The normalized spacial score (nSPS) is 13.6. The first-order chi connectivity index (χ1) is 8.47. The van der Waals surface area contributed by atoms with Crippen LogP contribution in [0.5, 0.6) is 0 Å². The van der Waals surface area contributed by atoms with Crippen LogP contribution in [0.4, 0.5) is 0 Å². The van der Waals surface area contributed by atoms with Crippen molar-refractivity contribution < 1.29 is 0 Å². The van der Waals surface area contributed by atoms with Gasteiger partial charge in [-0.2, -0.15) is 5.10 Å². The number of H-pyrrole nitrogens is 1. The zero-order valence-corrected chi connectivity index (χ0v) is 11.6. The van der Waals surface area contributed by atoms with E-state index in [9.17, 15) is 0 Å². The van der Waals surface area contributed by atoms with E-state index >= 15 is 0 Å². The van der Waals surface area contributed by atoms with Gasteiger partial charge in [-0.05, 0) is 11.3 Å². The summed E-state index contributed by atoms with van der Waals surface area (Å²) >= 11 is 0. The van der Waals surface area contributed by atoms with Crippen LogP contribution in [0.2, 0.25) is 0 Å². The van der Waals surface area contributed by atoms with Crippen LogP contribution in [0.1, 0.15) is 33.5 Å². The molecule has 0 fully saturated rings. The fourth-order valence-corrected chi connectivity index (χ4v) is 1.70. The molecule has 3 heteroatoms. The molecule has 0 radical (unpaired) electrons. The number of aromatic amines is 1. The highest BCUT2D eigenvalue weighted by atomic mass is 15.2. The van der Waals surface area contributed by atoms with Gasteiger partial charge in [0.25, 0.3) is 0 Å². The minimum Gasteiger partial charge on any atom is -0.263 e. The van der Waals surface area contributed by atoms with Crippen LogP contribution in [0.3, 0.4) is 0 Å². The summed E-state index contributed by atoms with van der Waals surface area (Å²) in [5.41, 5.74) is 1.35. The van der Waals surface area contributed by atoms with Gasteiger partial charge in [0.1, 0.15) is 5.82 Å². The Balaban J connectivity index is 2.12. The quantitative estimate of drug-likeness (QED) is 0.893. The summed E-state index contributed by atoms with van der Waals surface area (Å²) in [4.78, 5) is 4.57. The zero-order valence-electron chi connectivity index (χ0n) is 11.6. The van der Waals surface area contributed by atoms with E-state index in [1.165, 1.54) is 0 Å². The van der Waals surface area contributed by atoms with Gasteiger partial charge in [0, 0.05) is 12.0 Å². The van der Waals surface area contributed by atoms with Crippen molar-refractivity contribution in [3.05, 3.63) is 36.2 Å². The third-order valence-corrected chi connectivity index (χ3v) is 3.54. The summed E-state index contributed by atoms with van der Waals surface area (Å²) in [6.45, 7) is 9.02. The van der Waals surface area contributed by atoms with Gasteiger partial charge in [0.2, 0.25) is 0 Å². The molecule has 1 unspecified atom stereocenters. The molecule has 0 saturated carbocycles. The Hall–Kier alpha value is -1.64. The highest BCUT2D eigenvalue weighted by molar-refractivity contribution is 5.53. The number of aromatic nitrogens is 3. The molecule has 1 atom stereocenters. The topological polar surface area (TPSA) is 41.6 Å². The lowest BCUT2D eigenvalue weighted by atomic mass is 9.80. The Morgan fingerprint density at radius 3 is 2.44 bits per heavy atom. The Morgan fingerprint density at radius 1 is 1.17 bits per heavy atom. The summed E-state index contributed by atoms with van der Waals surface area (Å²) in [5.74, 6) is 2.32. The fraction of sp³-hybridized carbons (Fsp3) is 0.467. The molecule has 1 N–H and O–H groups in total. The third kappa shape index (κ3) is 2.97. The molecule has 0 saturated heterocycles. The lowest BCUT2D eigenvalue weighted by molar-refractivity contribution is 0.257. The minimum atomic E-state index is 0.291. The molecule has 0 aliphatic heterocycles. The van der Waals surface area contributed by atoms with E-state index in [2.05, 4.69) is 42.9 Å². The SMILES string of the molecule is CC(Cc1nc(-c2ccccc2)n[nH]1)C(C)(C)C. The maximum Gasteiger partial charge on any atom is 0.181 e. The molecular formula is C15H21N3. The van der Waals surface area contributed by atoms with Crippen LogP contribution in [-0.4, -0.2) is 15.2 Å². The summed E-state index contributed by atoms with van der Waals surface area (Å²) in [6.07, 6.45) is 0.934. The third-order valence-electron chi connectivity index (χ3n) is 3.54. The second-order valence-corrected chi connectivity index (χ2v) is 5.94. The van der Waals surface area contributed by atoms with Gasteiger partial charge in [-0.1, -0.05) is 58.0 Å². The summed E-state index contributed by atoms with van der Waals surface area (Å²) in [7, 11) is 0. The zero-order chi connectivity index (χ0) is 13.2. The molecule has 0 aliphatic carbocycles. The van der Waals surface area contributed by atoms with Gasteiger partial charge in [-0.15, -0.1) is 0 Å². The summed E-state index contributed by atoms with van der Waals surface area (Å²) in [6, 6.07) is 10.1. The molecule has 0 bridgehead atoms. The lowest BCUT2D eigenvalue weighted by Gasteiger charge is -2.26. The molecule has 3 nitrogen and oxygen atoms in total. The molecule has 2 aromatic rings. The van der Waals surface area contributed by atoms with Crippen LogP contribution in [0, 0.1) is 11.3 Å². The van der Waals surface area contributed by atoms with Crippen molar-refractivity contribution in [3.63, 3.8) is 0 Å². The van der Waals surface area contributed by atoms with Crippen molar-refractivity contribution in [2.24, 2.45) is 11.3 Å². The van der Waals surface area contributed by atoms with E-state index in [1.54, 1.807) is 0 Å². The van der Waals surface area contributed by atoms with Gasteiger partial charge >= 0.3 is 0 Å². The van der Waals surface area contributed by atoms with Crippen LogP contribution in [0.25, 0.3) is 11.4 Å². The maximum atomic E-state index is 4.57. The smallest absolute Gasteiger partial charge is 0.181 e. The number of nitrogens with zero attached hydrogens (tertiary/aromatic N) is 2. The van der Waals surface area contributed by atoms with Crippen LogP contribution < -0.4 is 0 Å². The molecule has 0 spiro atoms. The predicted molar refractivity (Wildman–Crippen MR) is 74.1 cm³/mol. The Labute approximate surface area is 109 Å². The first-order valence-electron chi connectivity index (χ1n) is 6.43. The number of benzene rings is 1. The average Bonchev–Trinajstić information content (AvgIpc) is 2.77. The van der Waals surface area contributed by atoms with E-state index in [1.807, 2.05) is 30.3 Å². The fourth-order valence-electron chi connectivity index (χ4n) is 1.70. The van der Waals surface area contributed by atoms with Crippen molar-refractivity contribution in [3.8, 4) is 11.4 Å². The van der Waals surface area contributed by atoms with Crippen molar-refractivity contribution >= 4 is 0 Å². The minimum absolute atomic E-state index is 0.291. The van der Waals surface area contributed by atoms with E-state index in [0.29, 0.717) is 11.3 Å². The van der Waals surface area contributed by atoms with Gasteiger partial charge in [-0.3, -0.25) is 5.10 Å². The molecule has 96 valence electrons. The lowest BCUT2D eigenvalue weighted by Crippen LogP contribution is -2.19. The van der Waals surface area contributed by atoms with Crippen molar-refractivity contribution in [2.75, 3.05) is 0 Å². The Bertz CT molecular complexity index is 494. The van der Waals surface area contributed by atoms with E-state index in [4.69, 9.17) is 0 Å². The largest absolute Gasteiger partial charge is 0.263 e. The number of hydrogen-bond acceptors (Lipinski definition) is 2. The van der Waals surface area contributed by atoms with E-state index in [-0.39, 0.29) is 0 Å². The molecular weight excluding hydrogens is 222 g/mol. The Morgan fingerprint density at radius 2 is 1.83 bits per heavy atom. The second kappa shape index (κ2) is 4.92. The molecule has 1 heterocycles. The molecule has 0 aliphatic rings. The predicted octanol–water partition coefficient (Wildman–Crippen LogP) is 3.70. The van der Waals surface area contributed by atoms with Crippen LogP contribution >= 0.6 is 0 Å². The summed E-state index contributed by atoms with van der Waals surface area (Å²) in [5, 5.41) is 7.33. The summed E-state index contributed by atoms with van der Waals surface area (Å²) < 4.78 is 0. The number of hydrogen-bond donors (Lipinski definition) is 1. The van der Waals surface area contributed by atoms with Gasteiger partial charge in [0.15, 0.2) is 5.82 Å². The standard InChI is InChI=1S/C15H21N3/c1-11(15(2,3)4)10-13-16-14(18-17-13)12-8-6-5-7-9-12/h5-9,11H,10H2,1-4H3,(H,16,17,18). The molecule has 18 heavy (non-hydrogen) atoms. The van der Waals surface area contributed by atoms with Gasteiger partial charge < -0.3 is 0 Å². The molecule has 2 rings (SSSR count). The highest BCUT2D eigenvalue weighted by Crippen LogP contribution is 2.27. The first-order valence-corrected chi connectivity index (χ1v) is 6.43. The molecule has 0 amide bonds. The average molecular weight is 243 g/mol. The Kier molecular flexibility index (Phi) is 3.50. The molecule has 1 aromatic carbocycles. The number of nitrogens with one attached hydrogen (secondary N) is 1. The van der Waals surface area contributed by atoms with Gasteiger partial charge in [-0.25, -0.2) is 4.98 Å². The number of rotatable bonds is 3. The van der Waals surface area contributed by atoms with Crippen molar-refractivity contribution in [1.29, 1.82) is 0 Å². The van der Waals surface area contributed by atoms with E-state index < -0.39 is 0 Å². The van der Waals surface area contributed by atoms with Gasteiger partial charge in [0.05, 0.1) is 0 Å².